The van der Waals surface area contributed by atoms with E-state index in [0.29, 0.717) is 5.82 Å². The molecule has 0 unspecified atom stereocenters. The van der Waals surface area contributed by atoms with Gasteiger partial charge in [-0.3, -0.25) is 0 Å². The first kappa shape index (κ1) is 29.4. The molecule has 50 heavy (non-hydrogen) atoms. The summed E-state index contributed by atoms with van der Waals surface area (Å²) >= 11 is 0. The number of fused-ring (bicyclic) bond motifs is 3. The van der Waals surface area contributed by atoms with Crippen molar-refractivity contribution in [2.24, 2.45) is 0 Å². The number of hydrogen-bond donors (Lipinski definition) is 0. The van der Waals surface area contributed by atoms with Gasteiger partial charge in [0.2, 0.25) is 0 Å². The lowest BCUT2D eigenvalue weighted by molar-refractivity contribution is 1.18. The zero-order valence-corrected chi connectivity index (χ0v) is 27.2. The third-order valence-corrected chi connectivity index (χ3v) is 9.27. The van der Waals surface area contributed by atoms with Gasteiger partial charge < -0.3 is 0 Å². The molecule has 0 N–H and O–H groups in total. The van der Waals surface area contributed by atoms with Crippen molar-refractivity contribution in [1.82, 2.24) is 15.0 Å². The molecule has 0 atom stereocenters. The first-order valence-electron chi connectivity index (χ1n) is 16.9. The number of para-hydroxylation sites is 1. The van der Waals surface area contributed by atoms with E-state index in [1.807, 2.05) is 42.5 Å². The van der Waals surface area contributed by atoms with Gasteiger partial charge in [0.05, 0.1) is 22.6 Å². The van der Waals surface area contributed by atoms with Gasteiger partial charge >= 0.3 is 0 Å². The maximum absolute atomic E-state index is 5.15. The van der Waals surface area contributed by atoms with Crippen molar-refractivity contribution >= 4 is 21.7 Å². The summed E-state index contributed by atoms with van der Waals surface area (Å²) in [6.45, 7) is 0. The summed E-state index contributed by atoms with van der Waals surface area (Å²) in [5.74, 6) is 0.710. The summed E-state index contributed by atoms with van der Waals surface area (Å²) in [5, 5.41) is 3.51. The lowest BCUT2D eigenvalue weighted by atomic mass is 9.91. The average molecular weight is 638 g/mol. The van der Waals surface area contributed by atoms with Crippen LogP contribution in [0, 0.1) is 0 Å². The molecule has 0 aliphatic rings. The first-order chi connectivity index (χ1) is 24.8. The Labute approximate surface area is 291 Å². The molecule has 9 rings (SSSR count). The zero-order valence-electron chi connectivity index (χ0n) is 27.2. The molecular weight excluding hydrogens is 607 g/mol. The fourth-order valence-corrected chi connectivity index (χ4v) is 6.85. The van der Waals surface area contributed by atoms with Crippen molar-refractivity contribution in [2.75, 3.05) is 0 Å². The molecule has 3 heteroatoms. The molecule has 0 saturated heterocycles. The summed E-state index contributed by atoms with van der Waals surface area (Å²) in [5.41, 5.74) is 12.6. The molecule has 7 aromatic carbocycles. The SMILES string of the molecule is c1ccc(-c2cc(-c3cccc(-c4cccc(-c5cccc6c(-c7ccccc7)nc7ccccc7c56)c4)c3)nc(-c3ccccc3)n2)cc1. The van der Waals surface area contributed by atoms with E-state index in [1.54, 1.807) is 0 Å². The van der Waals surface area contributed by atoms with Gasteiger partial charge in [-0.05, 0) is 46.5 Å². The van der Waals surface area contributed by atoms with Gasteiger partial charge in [0.15, 0.2) is 5.82 Å². The van der Waals surface area contributed by atoms with Gasteiger partial charge in [-0.15, -0.1) is 0 Å². The van der Waals surface area contributed by atoms with E-state index in [9.17, 15) is 0 Å². The van der Waals surface area contributed by atoms with Crippen LogP contribution in [0.4, 0.5) is 0 Å². The topological polar surface area (TPSA) is 38.7 Å². The molecule has 0 spiro atoms. The Bertz CT molecular complexity index is 2570. The summed E-state index contributed by atoms with van der Waals surface area (Å²) in [4.78, 5) is 15.2. The highest BCUT2D eigenvalue weighted by molar-refractivity contribution is 6.17. The van der Waals surface area contributed by atoms with Crippen LogP contribution in [0.1, 0.15) is 0 Å². The monoisotopic (exact) mass is 637 g/mol. The molecule has 0 saturated carbocycles. The van der Waals surface area contributed by atoms with Crippen molar-refractivity contribution in [3.05, 3.63) is 188 Å². The van der Waals surface area contributed by atoms with Crippen LogP contribution < -0.4 is 0 Å². The normalized spacial score (nSPS) is 11.2. The van der Waals surface area contributed by atoms with Gasteiger partial charge in [-0.2, -0.15) is 0 Å². The Kier molecular flexibility index (Phi) is 7.49. The Morgan fingerprint density at radius 3 is 1.52 bits per heavy atom. The minimum absolute atomic E-state index is 0.710. The van der Waals surface area contributed by atoms with Crippen LogP contribution in [0.15, 0.2) is 188 Å². The van der Waals surface area contributed by atoms with Crippen LogP contribution in [0.2, 0.25) is 0 Å². The Morgan fingerprint density at radius 2 is 0.800 bits per heavy atom. The van der Waals surface area contributed by atoms with Crippen molar-refractivity contribution in [3.63, 3.8) is 0 Å². The third-order valence-electron chi connectivity index (χ3n) is 9.27. The minimum atomic E-state index is 0.710. The summed E-state index contributed by atoms with van der Waals surface area (Å²) < 4.78 is 0. The van der Waals surface area contributed by atoms with Crippen LogP contribution in [0.5, 0.6) is 0 Å². The Hall–Kier alpha value is -6.71. The number of nitrogens with zero attached hydrogens (tertiary/aromatic N) is 3. The lowest BCUT2D eigenvalue weighted by Gasteiger charge is -2.15. The van der Waals surface area contributed by atoms with Gasteiger partial charge in [-0.1, -0.05) is 164 Å². The second kappa shape index (κ2) is 12.7. The molecule has 0 aliphatic carbocycles. The zero-order chi connectivity index (χ0) is 33.3. The predicted octanol–water partition coefficient (Wildman–Crippen LogP) is 12.2. The number of hydrogen-bond acceptors (Lipinski definition) is 3. The van der Waals surface area contributed by atoms with Crippen molar-refractivity contribution in [2.45, 2.75) is 0 Å². The van der Waals surface area contributed by atoms with E-state index < -0.39 is 0 Å². The largest absolute Gasteiger partial charge is 0.247 e. The number of pyridine rings is 1. The lowest BCUT2D eigenvalue weighted by Crippen LogP contribution is -1.96. The molecule has 0 amide bonds. The molecule has 2 aromatic heterocycles. The number of rotatable bonds is 6. The van der Waals surface area contributed by atoms with E-state index in [4.69, 9.17) is 15.0 Å². The van der Waals surface area contributed by atoms with E-state index in [1.165, 1.54) is 10.9 Å². The van der Waals surface area contributed by atoms with Gasteiger partial charge in [0.25, 0.3) is 0 Å². The molecular formula is C47H31N3. The fraction of sp³-hybridized carbons (Fsp3) is 0. The van der Waals surface area contributed by atoms with E-state index in [0.717, 1.165) is 72.3 Å². The standard InChI is InChI=1S/C47H31N3/c1-4-15-32(16-5-1)43-31-44(50-47(49-43)34-19-8-3-9-20-34)38-24-13-22-36(30-38)35-21-12-23-37(29-35)39-26-14-27-41-45(39)40-25-10-11-28-42(40)48-46(41)33-17-6-2-7-18-33/h1-31H. The quantitative estimate of drug-likeness (QED) is 0.170. The molecule has 0 aliphatic heterocycles. The van der Waals surface area contributed by atoms with Crippen LogP contribution in [0.3, 0.4) is 0 Å². The van der Waals surface area contributed by atoms with Gasteiger partial charge in [-0.25, -0.2) is 15.0 Å². The summed E-state index contributed by atoms with van der Waals surface area (Å²) in [6, 6.07) is 65.6. The fourth-order valence-electron chi connectivity index (χ4n) is 6.85. The van der Waals surface area contributed by atoms with E-state index in [-0.39, 0.29) is 0 Å². The van der Waals surface area contributed by atoms with Crippen LogP contribution >= 0.6 is 0 Å². The van der Waals surface area contributed by atoms with E-state index >= 15 is 0 Å². The average Bonchev–Trinajstić information content (AvgIpc) is 3.21. The molecule has 0 fully saturated rings. The highest BCUT2D eigenvalue weighted by Gasteiger charge is 2.16. The van der Waals surface area contributed by atoms with E-state index in [2.05, 4.69) is 146 Å². The molecule has 0 bridgehead atoms. The van der Waals surface area contributed by atoms with Crippen molar-refractivity contribution in [3.8, 4) is 67.4 Å². The number of aromatic nitrogens is 3. The van der Waals surface area contributed by atoms with Crippen LogP contribution in [0.25, 0.3) is 89.1 Å². The highest BCUT2D eigenvalue weighted by atomic mass is 14.9. The summed E-state index contributed by atoms with van der Waals surface area (Å²) in [7, 11) is 0. The van der Waals surface area contributed by atoms with Gasteiger partial charge in [0, 0.05) is 38.4 Å². The number of benzene rings is 7. The smallest absolute Gasteiger partial charge is 0.160 e. The second-order valence-electron chi connectivity index (χ2n) is 12.4. The first-order valence-corrected chi connectivity index (χ1v) is 16.9. The molecule has 234 valence electrons. The predicted molar refractivity (Wildman–Crippen MR) is 207 cm³/mol. The maximum Gasteiger partial charge on any atom is 0.160 e. The van der Waals surface area contributed by atoms with Crippen LogP contribution in [-0.2, 0) is 0 Å². The molecule has 0 radical (unpaired) electrons. The van der Waals surface area contributed by atoms with Crippen molar-refractivity contribution in [1.29, 1.82) is 0 Å². The van der Waals surface area contributed by atoms with Crippen LogP contribution in [-0.4, -0.2) is 15.0 Å². The Balaban J connectivity index is 1.17. The van der Waals surface area contributed by atoms with Gasteiger partial charge in [0.1, 0.15) is 0 Å². The third kappa shape index (κ3) is 5.51. The molecule has 2 heterocycles. The molecule has 3 nitrogen and oxygen atoms in total. The second-order valence-corrected chi connectivity index (χ2v) is 12.4. The van der Waals surface area contributed by atoms with Crippen molar-refractivity contribution < 1.29 is 0 Å². The maximum atomic E-state index is 5.15. The molecule has 9 aromatic rings. The highest BCUT2D eigenvalue weighted by Crippen LogP contribution is 2.39. The Morgan fingerprint density at radius 1 is 0.300 bits per heavy atom. The minimum Gasteiger partial charge on any atom is -0.247 e. The summed E-state index contributed by atoms with van der Waals surface area (Å²) in [6.07, 6.45) is 0.